The number of nitrogens with zero attached hydrogens (tertiary/aromatic N) is 2. The van der Waals surface area contributed by atoms with Crippen molar-refractivity contribution in [1.82, 2.24) is 9.97 Å². The Morgan fingerprint density at radius 1 is 0.897 bits per heavy atom. The molecule has 3 rings (SSSR count). The molecule has 29 heavy (non-hydrogen) atoms. The van der Waals surface area contributed by atoms with Crippen molar-refractivity contribution in [3.05, 3.63) is 89.2 Å². The summed E-state index contributed by atoms with van der Waals surface area (Å²) in [5.41, 5.74) is 3.45. The molecule has 1 unspecified atom stereocenters. The number of aromatic nitrogens is 2. The topological polar surface area (TPSA) is 81.5 Å². The van der Waals surface area contributed by atoms with Crippen LogP contribution in [0, 0.1) is 20.8 Å². The van der Waals surface area contributed by atoms with E-state index in [0.29, 0.717) is 17.0 Å². The highest BCUT2D eigenvalue weighted by Crippen LogP contribution is 2.24. The maximum Gasteiger partial charge on any atom is 0.348 e. The monoisotopic (exact) mass is 394 g/mol. The second-order valence-corrected chi connectivity index (χ2v) is 6.53. The van der Waals surface area contributed by atoms with Crippen molar-refractivity contribution in [2.75, 3.05) is 7.11 Å². The molecule has 152 valence electrons. The van der Waals surface area contributed by atoms with Gasteiger partial charge in [-0.1, -0.05) is 66.2 Å². The highest BCUT2D eigenvalue weighted by Gasteiger charge is 2.32. The average Bonchev–Trinajstić information content (AvgIpc) is 2.69. The summed E-state index contributed by atoms with van der Waals surface area (Å²) in [5, 5.41) is 9.48. The second-order valence-electron chi connectivity index (χ2n) is 6.53. The lowest BCUT2D eigenvalue weighted by atomic mass is 10.0. The van der Waals surface area contributed by atoms with Crippen LogP contribution in [0.2, 0.25) is 0 Å². The van der Waals surface area contributed by atoms with Crippen molar-refractivity contribution in [3.63, 3.8) is 0 Å². The minimum absolute atomic E-state index is 0.0304. The summed E-state index contributed by atoms with van der Waals surface area (Å²) in [7, 11) is 1.44. The Bertz CT molecular complexity index is 881. The SMILES string of the molecule is COC(c1ccccc1)[C@H](Oc1nc(C)cc(C)n1)C(=O)O.Cc1ccccc1. The van der Waals surface area contributed by atoms with E-state index in [0.717, 1.165) is 0 Å². The Kier molecular flexibility index (Phi) is 8.30. The molecule has 3 aromatic rings. The number of hydrogen-bond donors (Lipinski definition) is 1. The van der Waals surface area contributed by atoms with Gasteiger partial charge in [0.15, 0.2) is 0 Å². The van der Waals surface area contributed by atoms with Crippen LogP contribution in [0.25, 0.3) is 0 Å². The van der Waals surface area contributed by atoms with Crippen LogP contribution in [0.15, 0.2) is 66.7 Å². The van der Waals surface area contributed by atoms with Crippen LogP contribution >= 0.6 is 0 Å². The number of rotatable bonds is 6. The van der Waals surface area contributed by atoms with Gasteiger partial charge in [0, 0.05) is 18.5 Å². The molecule has 6 heteroatoms. The van der Waals surface area contributed by atoms with E-state index >= 15 is 0 Å². The summed E-state index contributed by atoms with van der Waals surface area (Å²) >= 11 is 0. The molecule has 0 saturated heterocycles. The van der Waals surface area contributed by atoms with E-state index in [2.05, 4.69) is 29.0 Å². The number of benzene rings is 2. The minimum atomic E-state index is -1.24. The molecule has 0 aliphatic rings. The first-order chi connectivity index (χ1) is 13.9. The van der Waals surface area contributed by atoms with Crippen LogP contribution in [0.5, 0.6) is 6.01 Å². The Morgan fingerprint density at radius 3 is 1.83 bits per heavy atom. The fourth-order valence-corrected chi connectivity index (χ4v) is 2.71. The molecule has 0 bridgehead atoms. The molecule has 1 N–H and O–H groups in total. The van der Waals surface area contributed by atoms with E-state index in [9.17, 15) is 9.90 Å². The summed E-state index contributed by atoms with van der Waals surface area (Å²) in [6, 6.07) is 21.1. The Balaban J connectivity index is 0.000000360. The number of aliphatic carboxylic acids is 1. The van der Waals surface area contributed by atoms with Gasteiger partial charge in [-0.15, -0.1) is 0 Å². The van der Waals surface area contributed by atoms with Crippen molar-refractivity contribution in [2.24, 2.45) is 0 Å². The molecule has 2 atom stereocenters. The third-order valence-electron chi connectivity index (χ3n) is 4.04. The second kappa shape index (κ2) is 10.9. The average molecular weight is 394 g/mol. The lowest BCUT2D eigenvalue weighted by molar-refractivity contribution is -0.152. The van der Waals surface area contributed by atoms with Crippen molar-refractivity contribution in [1.29, 1.82) is 0 Å². The number of carboxylic acids is 1. The van der Waals surface area contributed by atoms with E-state index in [1.165, 1.54) is 12.7 Å². The first-order valence-electron chi connectivity index (χ1n) is 9.22. The Labute approximate surface area is 171 Å². The molecular formula is C23H26N2O4. The van der Waals surface area contributed by atoms with Crippen molar-refractivity contribution < 1.29 is 19.4 Å². The minimum Gasteiger partial charge on any atom is -0.478 e. The quantitative estimate of drug-likeness (QED) is 0.671. The van der Waals surface area contributed by atoms with E-state index in [1.807, 2.05) is 36.4 Å². The first kappa shape index (κ1) is 22.0. The standard InChI is InChI=1S/C16H18N2O4.C7H8/c1-10-9-11(2)18-16(17-10)22-14(15(19)20)13(21-3)12-7-5-4-6-8-12;1-7-5-3-2-4-6-7/h4-9,13-14H,1-3H3,(H,19,20);2-6H,1H3/t13?,14-;/m0./s1. The van der Waals surface area contributed by atoms with Gasteiger partial charge in [-0.3, -0.25) is 0 Å². The maximum absolute atomic E-state index is 11.6. The van der Waals surface area contributed by atoms with E-state index < -0.39 is 18.2 Å². The molecule has 0 radical (unpaired) electrons. The predicted octanol–water partition coefficient (Wildman–Crippen LogP) is 4.31. The molecule has 6 nitrogen and oxygen atoms in total. The molecule has 2 aromatic carbocycles. The number of carboxylic acid groups (broad SMARTS) is 1. The fourth-order valence-electron chi connectivity index (χ4n) is 2.71. The van der Waals surface area contributed by atoms with Gasteiger partial charge in [-0.05, 0) is 32.4 Å². The van der Waals surface area contributed by atoms with Gasteiger partial charge < -0.3 is 14.6 Å². The molecule has 0 aliphatic heterocycles. The number of ether oxygens (including phenoxy) is 2. The Hall–Kier alpha value is -3.25. The number of hydrogen-bond acceptors (Lipinski definition) is 5. The predicted molar refractivity (Wildman–Crippen MR) is 111 cm³/mol. The highest BCUT2D eigenvalue weighted by atomic mass is 16.6. The van der Waals surface area contributed by atoms with Crippen LogP contribution in [0.1, 0.15) is 28.6 Å². The van der Waals surface area contributed by atoms with Gasteiger partial charge >= 0.3 is 12.0 Å². The maximum atomic E-state index is 11.6. The molecule has 0 spiro atoms. The van der Waals surface area contributed by atoms with Crippen LogP contribution in [-0.2, 0) is 9.53 Å². The zero-order chi connectivity index (χ0) is 21.2. The first-order valence-corrected chi connectivity index (χ1v) is 9.22. The highest BCUT2D eigenvalue weighted by molar-refractivity contribution is 5.73. The largest absolute Gasteiger partial charge is 0.478 e. The van der Waals surface area contributed by atoms with Gasteiger partial charge in [0.25, 0.3) is 0 Å². The molecular weight excluding hydrogens is 368 g/mol. The van der Waals surface area contributed by atoms with Crippen molar-refractivity contribution >= 4 is 5.97 Å². The number of carbonyl (C=O) groups is 1. The van der Waals surface area contributed by atoms with Crippen LogP contribution in [-0.4, -0.2) is 34.3 Å². The van der Waals surface area contributed by atoms with Crippen LogP contribution in [0.3, 0.4) is 0 Å². The number of methoxy groups -OCH3 is 1. The molecule has 0 fully saturated rings. The van der Waals surface area contributed by atoms with Crippen LogP contribution < -0.4 is 4.74 Å². The van der Waals surface area contributed by atoms with E-state index in [4.69, 9.17) is 9.47 Å². The molecule has 1 heterocycles. The van der Waals surface area contributed by atoms with E-state index in [-0.39, 0.29) is 6.01 Å². The van der Waals surface area contributed by atoms with Crippen LogP contribution in [0.4, 0.5) is 0 Å². The summed E-state index contributed by atoms with van der Waals surface area (Å²) < 4.78 is 10.8. The molecule has 1 aromatic heterocycles. The lowest BCUT2D eigenvalue weighted by Gasteiger charge is -2.23. The van der Waals surface area contributed by atoms with E-state index in [1.54, 1.807) is 32.0 Å². The summed E-state index contributed by atoms with van der Waals surface area (Å²) in [5.74, 6) is -1.14. The van der Waals surface area contributed by atoms with Gasteiger partial charge in [0.2, 0.25) is 6.10 Å². The normalized spacial score (nSPS) is 12.3. The third kappa shape index (κ3) is 7.01. The third-order valence-corrected chi connectivity index (χ3v) is 4.04. The summed E-state index contributed by atoms with van der Waals surface area (Å²) in [4.78, 5) is 19.8. The zero-order valence-corrected chi connectivity index (χ0v) is 17.1. The zero-order valence-electron chi connectivity index (χ0n) is 17.1. The van der Waals surface area contributed by atoms with Gasteiger partial charge in [0.1, 0.15) is 6.10 Å². The number of aryl methyl sites for hydroxylation is 3. The summed E-state index contributed by atoms with van der Waals surface area (Å²) in [6.07, 6.45) is -2.00. The summed E-state index contributed by atoms with van der Waals surface area (Å²) in [6.45, 7) is 5.67. The smallest absolute Gasteiger partial charge is 0.348 e. The lowest BCUT2D eigenvalue weighted by Crippen LogP contribution is -2.35. The van der Waals surface area contributed by atoms with Gasteiger partial charge in [0.05, 0.1) is 0 Å². The van der Waals surface area contributed by atoms with Crippen molar-refractivity contribution in [3.8, 4) is 6.01 Å². The van der Waals surface area contributed by atoms with Crippen molar-refractivity contribution in [2.45, 2.75) is 33.0 Å². The molecule has 0 saturated carbocycles. The Morgan fingerprint density at radius 2 is 1.41 bits per heavy atom. The van der Waals surface area contributed by atoms with Gasteiger partial charge in [-0.25, -0.2) is 14.8 Å². The fraction of sp³-hybridized carbons (Fsp3) is 0.261. The molecule has 0 aliphatic carbocycles. The molecule has 0 amide bonds. The van der Waals surface area contributed by atoms with Gasteiger partial charge in [-0.2, -0.15) is 0 Å².